The Morgan fingerprint density at radius 3 is 2.37 bits per heavy atom. The van der Waals surface area contributed by atoms with Crippen molar-refractivity contribution in [2.45, 2.75) is 0 Å². The second-order valence-electron chi connectivity index (χ2n) is 4.16. The molecule has 0 atom stereocenters. The second-order valence-corrected chi connectivity index (χ2v) is 4.16. The minimum atomic E-state index is 0.328. The molecule has 4 nitrogen and oxygen atoms in total. The van der Waals surface area contributed by atoms with Crippen molar-refractivity contribution in [3.05, 3.63) is 65.9 Å². The lowest BCUT2D eigenvalue weighted by molar-refractivity contribution is 0.318. The lowest BCUT2D eigenvalue weighted by atomic mass is 10.1. The summed E-state index contributed by atoms with van der Waals surface area (Å²) in [5.74, 6) is 0.384. The van der Waals surface area contributed by atoms with Gasteiger partial charge in [0.1, 0.15) is 5.58 Å². The zero-order chi connectivity index (χ0) is 13.2. The summed E-state index contributed by atoms with van der Waals surface area (Å²) in [6, 6.07) is 16.7. The summed E-state index contributed by atoms with van der Waals surface area (Å²) in [5.41, 5.74) is 8.29. The molecule has 3 rings (SSSR count). The predicted octanol–water partition coefficient (Wildman–Crippen LogP) is 3.24. The Balaban J connectivity index is 2.21. The van der Waals surface area contributed by atoms with Crippen molar-refractivity contribution in [2.24, 2.45) is 5.16 Å². The van der Waals surface area contributed by atoms with E-state index in [9.17, 15) is 5.21 Å². The molecule has 0 saturated heterocycles. The van der Waals surface area contributed by atoms with E-state index in [0.29, 0.717) is 22.7 Å². The van der Waals surface area contributed by atoms with Gasteiger partial charge in [-0.1, -0.05) is 47.6 Å². The number of benzene rings is 2. The molecule has 0 bridgehead atoms. The number of rotatable bonds is 2. The number of nitrogen functional groups attached to an aromatic ring is 1. The van der Waals surface area contributed by atoms with Crippen molar-refractivity contribution in [1.29, 1.82) is 0 Å². The molecule has 4 heteroatoms. The van der Waals surface area contributed by atoms with Gasteiger partial charge in [0.05, 0.1) is 5.69 Å². The van der Waals surface area contributed by atoms with E-state index >= 15 is 0 Å². The molecule has 0 aliphatic rings. The molecule has 0 saturated carbocycles. The van der Waals surface area contributed by atoms with Gasteiger partial charge in [-0.15, -0.1) is 0 Å². The number of hydrogen-bond donors (Lipinski definition) is 2. The van der Waals surface area contributed by atoms with Gasteiger partial charge in [-0.3, -0.25) is 0 Å². The molecule has 0 aliphatic carbocycles. The third kappa shape index (κ3) is 1.83. The van der Waals surface area contributed by atoms with Crippen LogP contribution in [-0.4, -0.2) is 10.9 Å². The van der Waals surface area contributed by atoms with Crippen LogP contribution in [0.4, 0.5) is 5.69 Å². The van der Waals surface area contributed by atoms with Gasteiger partial charge in [-0.2, -0.15) is 0 Å². The van der Waals surface area contributed by atoms with Crippen molar-refractivity contribution in [1.82, 2.24) is 0 Å². The van der Waals surface area contributed by atoms with Crippen LogP contribution < -0.4 is 5.73 Å². The molecule has 0 radical (unpaired) electrons. The predicted molar refractivity (Wildman–Crippen MR) is 74.5 cm³/mol. The summed E-state index contributed by atoms with van der Waals surface area (Å²) < 4.78 is 5.69. The van der Waals surface area contributed by atoms with Crippen molar-refractivity contribution in [3.63, 3.8) is 0 Å². The van der Waals surface area contributed by atoms with Gasteiger partial charge < -0.3 is 15.4 Å². The van der Waals surface area contributed by atoms with Crippen LogP contribution in [0.2, 0.25) is 0 Å². The molecule has 0 amide bonds. The van der Waals surface area contributed by atoms with Gasteiger partial charge >= 0.3 is 0 Å². The fraction of sp³-hybridized carbons (Fsp3) is 0. The highest BCUT2D eigenvalue weighted by molar-refractivity contribution is 6.17. The minimum Gasteiger partial charge on any atom is -0.452 e. The highest BCUT2D eigenvalue weighted by Gasteiger charge is 2.18. The molecule has 0 spiro atoms. The Morgan fingerprint density at radius 1 is 1.00 bits per heavy atom. The molecular weight excluding hydrogens is 240 g/mol. The van der Waals surface area contributed by atoms with Crippen LogP contribution in [0.1, 0.15) is 11.3 Å². The average Bonchev–Trinajstić information content (AvgIpc) is 2.79. The van der Waals surface area contributed by atoms with Gasteiger partial charge in [0.15, 0.2) is 11.5 Å². The maximum absolute atomic E-state index is 9.25. The fourth-order valence-electron chi connectivity index (χ4n) is 2.07. The summed E-state index contributed by atoms with van der Waals surface area (Å²) in [6.07, 6.45) is 0. The highest BCUT2D eigenvalue weighted by atomic mass is 16.4. The van der Waals surface area contributed by atoms with Crippen LogP contribution in [0.3, 0.4) is 0 Å². The summed E-state index contributed by atoms with van der Waals surface area (Å²) in [6.45, 7) is 0. The number of para-hydroxylation sites is 1. The van der Waals surface area contributed by atoms with E-state index in [1.165, 1.54) is 0 Å². The molecule has 19 heavy (non-hydrogen) atoms. The summed E-state index contributed by atoms with van der Waals surface area (Å²) in [7, 11) is 0. The molecule has 1 aromatic heterocycles. The van der Waals surface area contributed by atoms with Gasteiger partial charge in [0.2, 0.25) is 0 Å². The van der Waals surface area contributed by atoms with E-state index in [0.717, 1.165) is 10.9 Å². The van der Waals surface area contributed by atoms with Crippen LogP contribution >= 0.6 is 0 Å². The third-order valence-corrected chi connectivity index (χ3v) is 3.00. The molecule has 3 aromatic rings. The average molecular weight is 252 g/mol. The molecule has 3 N–H and O–H groups in total. The highest BCUT2D eigenvalue weighted by Crippen LogP contribution is 2.29. The monoisotopic (exact) mass is 252 g/mol. The molecule has 0 unspecified atom stereocenters. The number of nitrogens with zero attached hydrogens (tertiary/aromatic N) is 1. The maximum atomic E-state index is 9.25. The number of furan rings is 1. The zero-order valence-corrected chi connectivity index (χ0v) is 10.1. The SMILES string of the molecule is Nc1c(C(=NO)c2ccccc2)oc2ccccc12. The number of fused-ring (bicyclic) bond motifs is 1. The van der Waals surface area contributed by atoms with Crippen molar-refractivity contribution >= 4 is 22.4 Å². The molecule has 0 fully saturated rings. The van der Waals surface area contributed by atoms with Crippen molar-refractivity contribution in [3.8, 4) is 0 Å². The second kappa shape index (κ2) is 4.49. The topological polar surface area (TPSA) is 71.8 Å². The van der Waals surface area contributed by atoms with Crippen LogP contribution in [0, 0.1) is 0 Å². The van der Waals surface area contributed by atoms with Crippen LogP contribution in [0.25, 0.3) is 11.0 Å². The quantitative estimate of drug-likeness (QED) is 0.418. The normalized spacial score (nSPS) is 11.9. The van der Waals surface area contributed by atoms with Crippen molar-refractivity contribution in [2.75, 3.05) is 5.73 Å². The van der Waals surface area contributed by atoms with Crippen molar-refractivity contribution < 1.29 is 9.62 Å². The molecular formula is C15H12N2O2. The summed E-state index contributed by atoms with van der Waals surface area (Å²) in [4.78, 5) is 0. The maximum Gasteiger partial charge on any atom is 0.180 e. The van der Waals surface area contributed by atoms with Gasteiger partial charge in [0, 0.05) is 10.9 Å². The lowest BCUT2D eigenvalue weighted by Crippen LogP contribution is -2.04. The van der Waals surface area contributed by atoms with Crippen LogP contribution in [0.15, 0.2) is 64.2 Å². The van der Waals surface area contributed by atoms with Crippen LogP contribution in [-0.2, 0) is 0 Å². The Kier molecular flexibility index (Phi) is 2.68. The molecule has 0 aliphatic heterocycles. The first-order valence-electron chi connectivity index (χ1n) is 5.86. The van der Waals surface area contributed by atoms with Crippen LogP contribution in [0.5, 0.6) is 0 Å². The summed E-state index contributed by atoms with van der Waals surface area (Å²) in [5, 5.41) is 13.4. The Labute approximate surface area is 109 Å². The summed E-state index contributed by atoms with van der Waals surface area (Å²) >= 11 is 0. The minimum absolute atomic E-state index is 0.328. The Morgan fingerprint density at radius 2 is 1.68 bits per heavy atom. The third-order valence-electron chi connectivity index (χ3n) is 3.00. The molecule has 2 aromatic carbocycles. The first-order chi connectivity index (χ1) is 9.31. The fourth-order valence-corrected chi connectivity index (χ4v) is 2.07. The van der Waals surface area contributed by atoms with Gasteiger partial charge in [-0.25, -0.2) is 0 Å². The number of oxime groups is 1. The molecule has 94 valence electrons. The van der Waals surface area contributed by atoms with E-state index in [1.807, 2.05) is 54.6 Å². The standard InChI is InChI=1S/C15H12N2O2/c16-13-11-8-4-5-9-12(11)19-15(13)14(17-18)10-6-2-1-3-7-10/h1-9,18H,16H2. The number of hydrogen-bond acceptors (Lipinski definition) is 4. The largest absolute Gasteiger partial charge is 0.452 e. The number of anilines is 1. The zero-order valence-electron chi connectivity index (χ0n) is 10.1. The first kappa shape index (κ1) is 11.3. The van der Waals surface area contributed by atoms with Gasteiger partial charge in [0.25, 0.3) is 0 Å². The van der Waals surface area contributed by atoms with E-state index in [-0.39, 0.29) is 0 Å². The van der Waals surface area contributed by atoms with E-state index in [1.54, 1.807) is 0 Å². The number of nitrogens with two attached hydrogens (primary N) is 1. The first-order valence-corrected chi connectivity index (χ1v) is 5.86. The Hall–Kier alpha value is -2.75. The lowest BCUT2D eigenvalue weighted by Gasteiger charge is -2.02. The van der Waals surface area contributed by atoms with Gasteiger partial charge in [-0.05, 0) is 12.1 Å². The van der Waals surface area contributed by atoms with E-state index in [2.05, 4.69) is 5.16 Å². The van der Waals surface area contributed by atoms with E-state index < -0.39 is 0 Å². The molecule has 1 heterocycles. The Bertz CT molecular complexity index is 745. The smallest absolute Gasteiger partial charge is 0.180 e. The van der Waals surface area contributed by atoms with E-state index in [4.69, 9.17) is 10.2 Å².